The molecule has 0 heterocycles. The van der Waals surface area contributed by atoms with Crippen molar-refractivity contribution in [2.45, 2.75) is 12.8 Å². The highest BCUT2D eigenvalue weighted by Crippen LogP contribution is 2.20. The van der Waals surface area contributed by atoms with E-state index in [-0.39, 0.29) is 0 Å². The Morgan fingerprint density at radius 1 is 1.15 bits per heavy atom. The quantitative estimate of drug-likeness (QED) is 0.599. The van der Waals surface area contributed by atoms with Crippen LogP contribution in [0, 0.1) is 6.92 Å². The van der Waals surface area contributed by atoms with Crippen molar-refractivity contribution in [2.75, 3.05) is 0 Å². The molecular weight excluding hydrogens is 180 g/mol. The predicted octanol–water partition coefficient (Wildman–Crippen LogP) is 3.89. The number of hydrogen-bond donors (Lipinski definition) is 0. The topological polar surface area (TPSA) is 0 Å². The third-order valence-corrected chi connectivity index (χ3v) is 2.63. The molecule has 13 heavy (non-hydrogen) atoms. The van der Waals surface area contributed by atoms with Crippen LogP contribution in [0.1, 0.15) is 11.1 Å². The summed E-state index contributed by atoms with van der Waals surface area (Å²) in [4.78, 5) is 0. The predicted molar refractivity (Wildman–Crippen MR) is 58.2 cm³/mol. The Labute approximate surface area is 83.1 Å². The lowest BCUT2D eigenvalue weighted by Crippen LogP contribution is -1.81. The lowest BCUT2D eigenvalue weighted by Gasteiger charge is -2.02. The number of rotatable bonds is 1. The molecule has 0 aromatic heterocycles. The van der Waals surface area contributed by atoms with Crippen molar-refractivity contribution in [2.24, 2.45) is 0 Å². The first kappa shape index (κ1) is 8.58. The monoisotopic (exact) mass is 190 g/mol. The van der Waals surface area contributed by atoms with Gasteiger partial charge in [0.05, 0.1) is 0 Å². The van der Waals surface area contributed by atoms with E-state index in [1.165, 1.54) is 21.9 Å². The summed E-state index contributed by atoms with van der Waals surface area (Å²) in [6, 6.07) is 12.7. The Balaban J connectivity index is 2.72. The van der Waals surface area contributed by atoms with Gasteiger partial charge in [-0.25, -0.2) is 0 Å². The van der Waals surface area contributed by atoms with Gasteiger partial charge in [-0.2, -0.15) is 0 Å². The summed E-state index contributed by atoms with van der Waals surface area (Å²) < 4.78 is 0. The average Bonchev–Trinajstić information content (AvgIpc) is 2.18. The number of hydrogen-bond acceptors (Lipinski definition) is 0. The highest BCUT2D eigenvalue weighted by atomic mass is 35.5. The second-order valence-corrected chi connectivity index (χ2v) is 3.53. The summed E-state index contributed by atoms with van der Waals surface area (Å²) in [5, 5.41) is 2.59. The molecule has 0 nitrogen and oxygen atoms in total. The second kappa shape index (κ2) is 3.39. The average molecular weight is 191 g/mol. The maximum absolute atomic E-state index is 5.77. The van der Waals surface area contributed by atoms with Gasteiger partial charge >= 0.3 is 0 Å². The van der Waals surface area contributed by atoms with Crippen LogP contribution in [0.15, 0.2) is 36.4 Å². The minimum absolute atomic E-state index is 0.587. The minimum atomic E-state index is 0.587. The summed E-state index contributed by atoms with van der Waals surface area (Å²) in [6.07, 6.45) is 0. The van der Waals surface area contributed by atoms with Crippen LogP contribution in [0.25, 0.3) is 10.8 Å². The molecule has 0 amide bonds. The fourth-order valence-electron chi connectivity index (χ4n) is 1.58. The van der Waals surface area contributed by atoms with Crippen LogP contribution < -0.4 is 0 Å². The molecule has 0 atom stereocenters. The van der Waals surface area contributed by atoms with E-state index in [9.17, 15) is 0 Å². The molecule has 0 aliphatic carbocycles. The van der Waals surface area contributed by atoms with E-state index in [2.05, 4.69) is 43.3 Å². The smallest absolute Gasteiger partial charge is 0.0474 e. The van der Waals surface area contributed by atoms with Gasteiger partial charge in [0.25, 0.3) is 0 Å². The Morgan fingerprint density at radius 3 is 2.77 bits per heavy atom. The number of aryl methyl sites for hydroxylation is 1. The number of fused-ring (bicyclic) bond motifs is 1. The maximum Gasteiger partial charge on any atom is 0.0474 e. The Hall–Kier alpha value is -1.01. The van der Waals surface area contributed by atoms with Gasteiger partial charge in [-0.05, 0) is 34.9 Å². The van der Waals surface area contributed by atoms with Gasteiger partial charge in [-0.15, -0.1) is 11.6 Å². The molecule has 0 radical (unpaired) electrons. The first-order valence-corrected chi connectivity index (χ1v) is 4.89. The van der Waals surface area contributed by atoms with Gasteiger partial charge in [0, 0.05) is 5.88 Å². The van der Waals surface area contributed by atoms with Crippen LogP contribution in [-0.2, 0) is 5.88 Å². The van der Waals surface area contributed by atoms with Crippen LogP contribution in [0.3, 0.4) is 0 Å². The fraction of sp³-hybridized carbons (Fsp3) is 0.167. The molecule has 0 aliphatic heterocycles. The molecule has 2 rings (SSSR count). The SMILES string of the molecule is Cc1cccc2cc(CCl)ccc12. The van der Waals surface area contributed by atoms with E-state index < -0.39 is 0 Å². The van der Waals surface area contributed by atoms with Gasteiger partial charge in [-0.1, -0.05) is 30.3 Å². The highest BCUT2D eigenvalue weighted by Gasteiger charge is 1.97. The summed E-state index contributed by atoms with van der Waals surface area (Å²) in [6.45, 7) is 2.13. The van der Waals surface area contributed by atoms with Crippen LogP contribution in [0.2, 0.25) is 0 Å². The van der Waals surface area contributed by atoms with Crippen molar-refractivity contribution in [1.29, 1.82) is 0 Å². The summed E-state index contributed by atoms with van der Waals surface area (Å²) in [5.74, 6) is 0.587. The molecule has 66 valence electrons. The fourth-order valence-corrected chi connectivity index (χ4v) is 1.74. The van der Waals surface area contributed by atoms with Crippen molar-refractivity contribution in [1.82, 2.24) is 0 Å². The molecule has 0 saturated carbocycles. The first-order chi connectivity index (χ1) is 6.31. The van der Waals surface area contributed by atoms with Crippen molar-refractivity contribution in [3.63, 3.8) is 0 Å². The molecule has 2 aromatic carbocycles. The molecule has 0 aliphatic rings. The van der Waals surface area contributed by atoms with Crippen LogP contribution >= 0.6 is 11.6 Å². The first-order valence-electron chi connectivity index (χ1n) is 4.35. The molecular formula is C12H11Cl. The summed E-state index contributed by atoms with van der Waals surface area (Å²) >= 11 is 5.77. The van der Waals surface area contributed by atoms with E-state index in [0.717, 1.165) is 0 Å². The van der Waals surface area contributed by atoms with E-state index in [4.69, 9.17) is 11.6 Å². The molecule has 2 aromatic rings. The Kier molecular flexibility index (Phi) is 2.24. The molecule has 0 spiro atoms. The molecule has 0 bridgehead atoms. The zero-order chi connectivity index (χ0) is 9.26. The molecule has 0 N–H and O–H groups in total. The summed E-state index contributed by atoms with van der Waals surface area (Å²) in [5.41, 5.74) is 2.50. The van der Waals surface area contributed by atoms with Gasteiger partial charge in [0.15, 0.2) is 0 Å². The number of benzene rings is 2. The zero-order valence-electron chi connectivity index (χ0n) is 7.55. The molecule has 0 fully saturated rings. The van der Waals surface area contributed by atoms with Crippen molar-refractivity contribution in [3.8, 4) is 0 Å². The Morgan fingerprint density at radius 2 is 2.00 bits per heavy atom. The van der Waals surface area contributed by atoms with Crippen LogP contribution in [0.4, 0.5) is 0 Å². The van der Waals surface area contributed by atoms with E-state index in [1.54, 1.807) is 0 Å². The van der Waals surface area contributed by atoms with Crippen molar-refractivity contribution in [3.05, 3.63) is 47.5 Å². The number of alkyl halides is 1. The third kappa shape index (κ3) is 1.54. The third-order valence-electron chi connectivity index (χ3n) is 2.32. The molecule has 0 unspecified atom stereocenters. The molecule has 1 heteroatoms. The van der Waals surface area contributed by atoms with Gasteiger partial charge in [0.2, 0.25) is 0 Å². The number of halogens is 1. The Bertz CT molecular complexity index is 432. The van der Waals surface area contributed by atoms with Crippen molar-refractivity contribution < 1.29 is 0 Å². The highest BCUT2D eigenvalue weighted by molar-refractivity contribution is 6.17. The van der Waals surface area contributed by atoms with E-state index in [1.807, 2.05) is 0 Å². The van der Waals surface area contributed by atoms with Gasteiger partial charge in [0.1, 0.15) is 0 Å². The van der Waals surface area contributed by atoms with Gasteiger partial charge in [-0.3, -0.25) is 0 Å². The molecule has 0 saturated heterocycles. The lowest BCUT2D eigenvalue weighted by atomic mass is 10.0. The van der Waals surface area contributed by atoms with Crippen LogP contribution in [-0.4, -0.2) is 0 Å². The largest absolute Gasteiger partial charge is 0.122 e. The second-order valence-electron chi connectivity index (χ2n) is 3.26. The normalized spacial score (nSPS) is 10.6. The van der Waals surface area contributed by atoms with E-state index in [0.29, 0.717) is 5.88 Å². The van der Waals surface area contributed by atoms with Crippen molar-refractivity contribution >= 4 is 22.4 Å². The minimum Gasteiger partial charge on any atom is -0.122 e. The maximum atomic E-state index is 5.77. The standard InChI is InChI=1S/C12H11Cl/c1-9-3-2-4-11-7-10(8-13)5-6-12(9)11/h2-7H,8H2,1H3. The zero-order valence-corrected chi connectivity index (χ0v) is 8.31. The lowest BCUT2D eigenvalue weighted by molar-refractivity contribution is 1.42. The summed E-state index contributed by atoms with van der Waals surface area (Å²) in [7, 11) is 0. The van der Waals surface area contributed by atoms with E-state index >= 15 is 0 Å². The van der Waals surface area contributed by atoms with Gasteiger partial charge < -0.3 is 0 Å². The van der Waals surface area contributed by atoms with Crippen LogP contribution in [0.5, 0.6) is 0 Å².